The van der Waals surface area contributed by atoms with Crippen LogP contribution in [0.25, 0.3) is 0 Å². The van der Waals surface area contributed by atoms with Crippen LogP contribution in [0, 0.1) is 10.1 Å². The highest BCUT2D eigenvalue weighted by Crippen LogP contribution is 2.27. The number of carboxylic acid groups (broad SMARTS) is 2. The van der Waals surface area contributed by atoms with Crippen molar-refractivity contribution in [3.63, 3.8) is 0 Å². The van der Waals surface area contributed by atoms with E-state index in [-0.39, 0.29) is 0 Å². The molecule has 0 aliphatic heterocycles. The summed E-state index contributed by atoms with van der Waals surface area (Å²) in [6.45, 7) is -1.86. The maximum Gasteiger partial charge on any atom is 0.323 e. The maximum absolute atomic E-state index is 12.1. The first-order chi connectivity index (χ1) is 9.73. The molecular weight excluding hydrogens is 310 g/mol. The Balaban J connectivity index is 3.26. The summed E-state index contributed by atoms with van der Waals surface area (Å²) in [5.74, 6) is -4.07. The molecule has 0 fully saturated rings. The molecule has 2 N–H and O–H groups in total. The molecular formula is C10H8ClN3O7. The third kappa shape index (κ3) is 4.11. The van der Waals surface area contributed by atoms with E-state index in [9.17, 15) is 24.5 Å². The standard InChI is InChI=1S/C10H8ClN3O7/c11-9-8(14(20)21)5(1-2-12-9)10(19)13(3-6(15)16)4-7(17)18/h1-2H,3-4H2,(H,15,16)(H,17,18). The van der Waals surface area contributed by atoms with Crippen molar-refractivity contribution in [2.24, 2.45) is 0 Å². The van der Waals surface area contributed by atoms with E-state index in [2.05, 4.69) is 4.98 Å². The average Bonchev–Trinajstić information content (AvgIpc) is 2.35. The van der Waals surface area contributed by atoms with Crippen LogP contribution in [0.4, 0.5) is 5.69 Å². The molecule has 0 radical (unpaired) electrons. The number of amides is 1. The van der Waals surface area contributed by atoms with Gasteiger partial charge in [-0.1, -0.05) is 11.6 Å². The van der Waals surface area contributed by atoms with Gasteiger partial charge in [-0.05, 0) is 6.07 Å². The Labute approximate surface area is 121 Å². The molecule has 0 bridgehead atoms. The minimum absolute atomic E-state index is 0.434. The Morgan fingerprint density at radius 1 is 1.29 bits per heavy atom. The summed E-state index contributed by atoms with van der Waals surface area (Å²) in [7, 11) is 0. The number of hydrogen-bond acceptors (Lipinski definition) is 6. The van der Waals surface area contributed by atoms with Crippen LogP contribution in [0.2, 0.25) is 5.15 Å². The van der Waals surface area contributed by atoms with E-state index >= 15 is 0 Å². The number of hydrogen-bond donors (Lipinski definition) is 2. The first-order valence-corrected chi connectivity index (χ1v) is 5.63. The molecule has 0 saturated carbocycles. The van der Waals surface area contributed by atoms with E-state index in [1.165, 1.54) is 0 Å². The predicted molar refractivity (Wildman–Crippen MR) is 67.1 cm³/mol. The number of aromatic nitrogens is 1. The van der Waals surface area contributed by atoms with Gasteiger partial charge < -0.3 is 15.1 Å². The van der Waals surface area contributed by atoms with E-state index in [4.69, 9.17) is 21.8 Å². The third-order valence-electron chi connectivity index (χ3n) is 2.23. The Morgan fingerprint density at radius 3 is 2.24 bits per heavy atom. The Hall–Kier alpha value is -2.75. The first-order valence-electron chi connectivity index (χ1n) is 5.25. The molecule has 1 rings (SSSR count). The molecule has 0 aliphatic rings. The van der Waals surface area contributed by atoms with Gasteiger partial charge in [0, 0.05) is 6.20 Å². The van der Waals surface area contributed by atoms with Crippen molar-refractivity contribution < 1.29 is 29.5 Å². The van der Waals surface area contributed by atoms with Crippen LogP contribution in [0.5, 0.6) is 0 Å². The SMILES string of the molecule is O=C(O)CN(CC(=O)O)C(=O)c1ccnc(Cl)c1[N+](=O)[O-]. The first kappa shape index (κ1) is 16.3. The van der Waals surface area contributed by atoms with E-state index < -0.39 is 52.3 Å². The highest BCUT2D eigenvalue weighted by atomic mass is 35.5. The predicted octanol–water partition coefficient (Wildman–Crippen LogP) is 0.255. The van der Waals surface area contributed by atoms with Gasteiger partial charge >= 0.3 is 17.6 Å². The number of pyridine rings is 1. The van der Waals surface area contributed by atoms with Crippen LogP contribution in [0.15, 0.2) is 12.3 Å². The van der Waals surface area contributed by atoms with Crippen molar-refractivity contribution in [2.75, 3.05) is 13.1 Å². The molecule has 0 atom stereocenters. The molecule has 112 valence electrons. The second-order valence-electron chi connectivity index (χ2n) is 3.70. The Kier molecular flexibility index (Phi) is 5.13. The molecule has 21 heavy (non-hydrogen) atoms. The minimum Gasteiger partial charge on any atom is -0.480 e. The van der Waals surface area contributed by atoms with Crippen molar-refractivity contribution in [2.45, 2.75) is 0 Å². The number of nitrogens with zero attached hydrogens (tertiary/aromatic N) is 3. The van der Waals surface area contributed by atoms with E-state index in [1.807, 2.05) is 0 Å². The lowest BCUT2D eigenvalue weighted by molar-refractivity contribution is -0.385. The summed E-state index contributed by atoms with van der Waals surface area (Å²) in [6.07, 6.45) is 1.02. The number of rotatable bonds is 6. The average molecular weight is 318 g/mol. The normalized spacial score (nSPS) is 9.95. The van der Waals surface area contributed by atoms with E-state index in [1.54, 1.807) is 0 Å². The molecule has 1 heterocycles. The zero-order valence-electron chi connectivity index (χ0n) is 10.2. The van der Waals surface area contributed by atoms with Gasteiger partial charge in [0.15, 0.2) is 0 Å². The topological polar surface area (TPSA) is 151 Å². The molecule has 0 unspecified atom stereocenters. The summed E-state index contributed by atoms with van der Waals surface area (Å²) in [5.41, 5.74) is -1.35. The lowest BCUT2D eigenvalue weighted by Crippen LogP contribution is -2.39. The molecule has 11 heteroatoms. The number of carboxylic acids is 2. The second-order valence-corrected chi connectivity index (χ2v) is 4.06. The quantitative estimate of drug-likeness (QED) is 0.430. The van der Waals surface area contributed by atoms with Gasteiger partial charge in [0.1, 0.15) is 18.7 Å². The van der Waals surface area contributed by atoms with Gasteiger partial charge in [0.2, 0.25) is 5.15 Å². The molecule has 0 saturated heterocycles. The zero-order chi connectivity index (χ0) is 16.2. The molecule has 10 nitrogen and oxygen atoms in total. The molecule has 0 aromatic carbocycles. The van der Waals surface area contributed by atoms with Crippen molar-refractivity contribution in [1.29, 1.82) is 0 Å². The Bertz CT molecular complexity index is 603. The van der Waals surface area contributed by atoms with E-state index in [0.29, 0.717) is 4.90 Å². The number of carbonyl (C=O) groups excluding carboxylic acids is 1. The monoisotopic (exact) mass is 317 g/mol. The fourth-order valence-electron chi connectivity index (χ4n) is 1.47. The lowest BCUT2D eigenvalue weighted by atomic mass is 10.2. The van der Waals surface area contributed by atoms with E-state index in [0.717, 1.165) is 12.3 Å². The largest absolute Gasteiger partial charge is 0.480 e. The second kappa shape index (κ2) is 6.61. The van der Waals surface area contributed by atoms with Gasteiger partial charge in [-0.15, -0.1) is 0 Å². The van der Waals surface area contributed by atoms with Crippen molar-refractivity contribution in [3.05, 3.63) is 33.1 Å². The third-order valence-corrected chi connectivity index (χ3v) is 2.51. The molecule has 0 aliphatic carbocycles. The number of nitro groups is 1. The molecule has 1 amide bonds. The summed E-state index contributed by atoms with van der Waals surface area (Å²) >= 11 is 5.53. The summed E-state index contributed by atoms with van der Waals surface area (Å²) in [6, 6.07) is 0.961. The fraction of sp³-hybridized carbons (Fsp3) is 0.200. The number of carbonyl (C=O) groups is 3. The number of aliphatic carboxylic acids is 2. The highest BCUT2D eigenvalue weighted by molar-refractivity contribution is 6.32. The van der Waals surface area contributed by atoms with Gasteiger partial charge in [0.05, 0.1) is 4.92 Å². The smallest absolute Gasteiger partial charge is 0.323 e. The van der Waals surface area contributed by atoms with Crippen LogP contribution in [0.1, 0.15) is 10.4 Å². The van der Waals surface area contributed by atoms with Crippen molar-refractivity contribution in [1.82, 2.24) is 9.88 Å². The Morgan fingerprint density at radius 2 is 1.81 bits per heavy atom. The van der Waals surface area contributed by atoms with Crippen LogP contribution >= 0.6 is 11.6 Å². The summed E-state index contributed by atoms with van der Waals surface area (Å²) < 4.78 is 0. The molecule has 1 aromatic rings. The minimum atomic E-state index is -1.47. The van der Waals surface area contributed by atoms with Crippen LogP contribution < -0.4 is 0 Å². The fourth-order valence-corrected chi connectivity index (χ4v) is 1.70. The van der Waals surface area contributed by atoms with Gasteiger partial charge in [0.25, 0.3) is 5.91 Å². The number of halogens is 1. The molecule has 0 spiro atoms. The maximum atomic E-state index is 12.1. The van der Waals surface area contributed by atoms with Crippen LogP contribution in [0.3, 0.4) is 0 Å². The summed E-state index contributed by atoms with van der Waals surface area (Å²) in [4.78, 5) is 47.2. The van der Waals surface area contributed by atoms with Crippen molar-refractivity contribution in [3.8, 4) is 0 Å². The van der Waals surface area contributed by atoms with Gasteiger partial charge in [-0.2, -0.15) is 0 Å². The zero-order valence-corrected chi connectivity index (χ0v) is 11.0. The van der Waals surface area contributed by atoms with Gasteiger partial charge in [-0.25, -0.2) is 4.98 Å². The van der Waals surface area contributed by atoms with Crippen LogP contribution in [-0.2, 0) is 9.59 Å². The highest BCUT2D eigenvalue weighted by Gasteiger charge is 2.30. The van der Waals surface area contributed by atoms with Crippen molar-refractivity contribution >= 4 is 35.1 Å². The van der Waals surface area contributed by atoms with Crippen LogP contribution in [-0.4, -0.2) is 56.0 Å². The molecule has 1 aromatic heterocycles. The summed E-state index contributed by atoms with van der Waals surface area (Å²) in [5, 5.41) is 27.7. The van der Waals surface area contributed by atoms with Gasteiger partial charge in [-0.3, -0.25) is 24.5 Å². The lowest BCUT2D eigenvalue weighted by Gasteiger charge is -2.18.